The lowest BCUT2D eigenvalue weighted by molar-refractivity contribution is -0.133. The fourth-order valence-electron chi connectivity index (χ4n) is 2.73. The number of hydroxylamine groups is 1. The lowest BCUT2D eigenvalue weighted by Gasteiger charge is -2.33. The molecule has 1 fully saturated rings. The minimum atomic E-state index is -3.90. The lowest BCUT2D eigenvalue weighted by Crippen LogP contribution is -2.59. The third-order valence-corrected chi connectivity index (χ3v) is 7.02. The maximum Gasteiger partial charge on any atom is 0.263 e. The molecule has 1 aliphatic rings. The van der Waals surface area contributed by atoms with E-state index < -0.39 is 22.0 Å². The molecule has 2 aromatic rings. The number of amides is 1. The van der Waals surface area contributed by atoms with E-state index in [-0.39, 0.29) is 23.8 Å². The van der Waals surface area contributed by atoms with E-state index in [9.17, 15) is 17.6 Å². The van der Waals surface area contributed by atoms with Crippen molar-refractivity contribution >= 4 is 27.7 Å². The van der Waals surface area contributed by atoms with Crippen LogP contribution in [0.1, 0.15) is 0 Å². The molecule has 1 aliphatic heterocycles. The number of hydrogen-bond donors (Lipinski definition) is 3. The van der Waals surface area contributed by atoms with E-state index in [0.29, 0.717) is 6.54 Å². The third kappa shape index (κ3) is 4.47. The van der Waals surface area contributed by atoms with Gasteiger partial charge < -0.3 is 5.32 Å². The number of carbonyl (C=O) groups is 1. The summed E-state index contributed by atoms with van der Waals surface area (Å²) in [5.74, 6) is -1.10. The molecule has 0 radical (unpaired) electrons. The van der Waals surface area contributed by atoms with Crippen LogP contribution in [0.25, 0.3) is 0 Å². The molecule has 0 aromatic heterocycles. The Bertz CT molecular complexity index is 905. The molecule has 27 heavy (non-hydrogen) atoms. The van der Waals surface area contributed by atoms with Crippen LogP contribution in [-0.2, 0) is 14.8 Å². The van der Waals surface area contributed by atoms with Crippen LogP contribution >= 0.6 is 11.8 Å². The number of hydrogen-bond acceptors (Lipinski definition) is 6. The molecule has 7 nitrogen and oxygen atoms in total. The highest BCUT2D eigenvalue weighted by atomic mass is 32.2. The van der Waals surface area contributed by atoms with Gasteiger partial charge in [-0.2, -0.15) is 4.31 Å². The molecular formula is C17H18FN3O4S2. The zero-order chi connectivity index (χ0) is 19.4. The molecule has 0 saturated carbocycles. The number of benzene rings is 2. The Balaban J connectivity index is 1.80. The summed E-state index contributed by atoms with van der Waals surface area (Å²) in [5.41, 5.74) is 1.51. The zero-order valence-corrected chi connectivity index (χ0v) is 15.8. The van der Waals surface area contributed by atoms with Gasteiger partial charge in [0, 0.05) is 29.4 Å². The second-order valence-electron chi connectivity index (χ2n) is 5.84. The van der Waals surface area contributed by atoms with Crippen molar-refractivity contribution in [2.75, 3.05) is 19.6 Å². The first-order valence-electron chi connectivity index (χ1n) is 8.12. The van der Waals surface area contributed by atoms with Gasteiger partial charge in [-0.05, 0) is 48.5 Å². The summed E-state index contributed by atoms with van der Waals surface area (Å²) in [6.07, 6.45) is 0. The molecule has 1 atom stereocenters. The van der Waals surface area contributed by atoms with Crippen molar-refractivity contribution in [3.05, 3.63) is 54.3 Å². The van der Waals surface area contributed by atoms with Crippen molar-refractivity contribution in [3.8, 4) is 0 Å². The van der Waals surface area contributed by atoms with Crippen molar-refractivity contribution in [1.29, 1.82) is 0 Å². The SMILES string of the molecule is O=C(NO)C1CNCCN1S(=O)(=O)c1ccc(Sc2ccc(F)cc2)cc1. The van der Waals surface area contributed by atoms with Gasteiger partial charge in [0.2, 0.25) is 10.0 Å². The van der Waals surface area contributed by atoms with Crippen LogP contribution < -0.4 is 10.8 Å². The molecule has 1 heterocycles. The highest BCUT2D eigenvalue weighted by Crippen LogP contribution is 2.29. The minimum absolute atomic E-state index is 0.0589. The van der Waals surface area contributed by atoms with Gasteiger partial charge in [-0.15, -0.1) is 0 Å². The molecule has 1 amide bonds. The van der Waals surface area contributed by atoms with Crippen LogP contribution in [0.15, 0.2) is 63.2 Å². The average molecular weight is 411 g/mol. The molecule has 10 heteroatoms. The second-order valence-corrected chi connectivity index (χ2v) is 8.88. The Morgan fingerprint density at radius 2 is 1.74 bits per heavy atom. The molecule has 0 bridgehead atoms. The Labute approximate surface area is 160 Å². The van der Waals surface area contributed by atoms with E-state index in [4.69, 9.17) is 5.21 Å². The van der Waals surface area contributed by atoms with E-state index in [0.717, 1.165) is 14.1 Å². The van der Waals surface area contributed by atoms with Crippen molar-refractivity contribution < 1.29 is 22.8 Å². The molecule has 0 aliphatic carbocycles. The highest BCUT2D eigenvalue weighted by Gasteiger charge is 2.37. The summed E-state index contributed by atoms with van der Waals surface area (Å²) in [4.78, 5) is 13.5. The maximum atomic E-state index is 13.0. The average Bonchev–Trinajstić information content (AvgIpc) is 2.69. The summed E-state index contributed by atoms with van der Waals surface area (Å²) in [6, 6.07) is 11.2. The predicted octanol–water partition coefficient (Wildman–Crippen LogP) is 1.44. The number of piperazine rings is 1. The predicted molar refractivity (Wildman–Crippen MR) is 97.4 cm³/mol. The van der Waals surface area contributed by atoms with Crippen molar-refractivity contribution in [1.82, 2.24) is 15.1 Å². The minimum Gasteiger partial charge on any atom is -0.313 e. The fraction of sp³-hybridized carbons (Fsp3) is 0.235. The highest BCUT2D eigenvalue weighted by molar-refractivity contribution is 7.99. The summed E-state index contributed by atoms with van der Waals surface area (Å²) in [5, 5.41) is 11.8. The fourth-order valence-corrected chi connectivity index (χ4v) is 5.13. The van der Waals surface area contributed by atoms with Gasteiger partial charge in [-0.3, -0.25) is 10.0 Å². The van der Waals surface area contributed by atoms with Crippen LogP contribution in [0.5, 0.6) is 0 Å². The van der Waals surface area contributed by atoms with E-state index in [1.807, 2.05) is 0 Å². The summed E-state index contributed by atoms with van der Waals surface area (Å²) >= 11 is 1.38. The van der Waals surface area contributed by atoms with Gasteiger partial charge in [0.25, 0.3) is 5.91 Å². The normalized spacial score (nSPS) is 18.2. The van der Waals surface area contributed by atoms with Gasteiger partial charge in [-0.1, -0.05) is 11.8 Å². The molecule has 3 rings (SSSR count). The largest absolute Gasteiger partial charge is 0.313 e. The number of rotatable bonds is 5. The molecule has 2 aromatic carbocycles. The molecular weight excluding hydrogens is 393 g/mol. The van der Waals surface area contributed by atoms with Crippen LogP contribution in [0.2, 0.25) is 0 Å². The first kappa shape index (κ1) is 19.8. The van der Waals surface area contributed by atoms with Crippen molar-refractivity contribution in [2.45, 2.75) is 20.7 Å². The number of carbonyl (C=O) groups excluding carboxylic acids is 1. The summed E-state index contributed by atoms with van der Waals surface area (Å²) in [6.45, 7) is 0.642. The number of nitrogens with one attached hydrogen (secondary N) is 2. The van der Waals surface area contributed by atoms with Gasteiger partial charge in [0.15, 0.2) is 0 Å². The van der Waals surface area contributed by atoms with E-state index >= 15 is 0 Å². The van der Waals surface area contributed by atoms with Crippen LogP contribution in [0.3, 0.4) is 0 Å². The van der Waals surface area contributed by atoms with Crippen LogP contribution in [0.4, 0.5) is 4.39 Å². The van der Waals surface area contributed by atoms with Gasteiger partial charge in [-0.25, -0.2) is 18.3 Å². The Morgan fingerprint density at radius 3 is 2.33 bits per heavy atom. The van der Waals surface area contributed by atoms with E-state index in [1.165, 1.54) is 41.5 Å². The van der Waals surface area contributed by atoms with Crippen molar-refractivity contribution in [3.63, 3.8) is 0 Å². The van der Waals surface area contributed by atoms with Gasteiger partial charge >= 0.3 is 0 Å². The monoisotopic (exact) mass is 411 g/mol. The van der Waals surface area contributed by atoms with Crippen LogP contribution in [0, 0.1) is 5.82 Å². The third-order valence-electron chi connectivity index (χ3n) is 4.09. The quantitative estimate of drug-likeness (QED) is 0.509. The van der Waals surface area contributed by atoms with Gasteiger partial charge in [0.1, 0.15) is 11.9 Å². The Kier molecular flexibility index (Phi) is 6.12. The molecule has 1 unspecified atom stereocenters. The zero-order valence-electron chi connectivity index (χ0n) is 14.1. The second kappa shape index (κ2) is 8.36. The number of halogens is 1. The Morgan fingerprint density at radius 1 is 1.15 bits per heavy atom. The first-order valence-corrected chi connectivity index (χ1v) is 10.4. The standard InChI is InChI=1S/C17H18FN3O4S2/c18-12-1-3-13(4-2-12)26-14-5-7-15(8-6-14)27(24,25)21-10-9-19-11-16(21)17(22)20-23/h1-8,16,19,23H,9-11H2,(H,20,22). The summed E-state index contributed by atoms with van der Waals surface area (Å²) in [7, 11) is -3.90. The number of nitrogens with zero attached hydrogens (tertiary/aromatic N) is 1. The Hall–Kier alpha value is -1.98. The summed E-state index contributed by atoms with van der Waals surface area (Å²) < 4.78 is 39.9. The van der Waals surface area contributed by atoms with Crippen LogP contribution in [-0.4, -0.2) is 49.5 Å². The topological polar surface area (TPSA) is 98.7 Å². The van der Waals surface area contributed by atoms with E-state index in [2.05, 4.69) is 5.32 Å². The van der Waals surface area contributed by atoms with Crippen molar-refractivity contribution in [2.24, 2.45) is 0 Å². The van der Waals surface area contributed by atoms with Gasteiger partial charge in [0.05, 0.1) is 4.90 Å². The van der Waals surface area contributed by atoms with E-state index in [1.54, 1.807) is 24.3 Å². The molecule has 3 N–H and O–H groups in total. The number of sulfonamides is 1. The lowest BCUT2D eigenvalue weighted by atomic mass is 10.2. The molecule has 1 saturated heterocycles. The molecule has 144 valence electrons. The maximum absolute atomic E-state index is 13.0. The molecule has 0 spiro atoms. The smallest absolute Gasteiger partial charge is 0.263 e. The first-order chi connectivity index (χ1) is 12.9.